The summed E-state index contributed by atoms with van der Waals surface area (Å²) in [6.45, 7) is 1.33. The fraction of sp³-hybridized carbons (Fsp3) is 0.263. The van der Waals surface area contributed by atoms with Gasteiger partial charge in [-0.25, -0.2) is 0 Å². The van der Waals surface area contributed by atoms with Crippen molar-refractivity contribution in [1.82, 2.24) is 0 Å². The van der Waals surface area contributed by atoms with Crippen LogP contribution in [0.3, 0.4) is 0 Å². The Balaban J connectivity index is 1.46. The van der Waals surface area contributed by atoms with Crippen molar-refractivity contribution in [2.24, 2.45) is 0 Å². The summed E-state index contributed by atoms with van der Waals surface area (Å²) in [6.07, 6.45) is 1.90. The Hall–Kier alpha value is -2.34. The van der Waals surface area contributed by atoms with Crippen LogP contribution >= 0.6 is 15.9 Å². The first-order valence-electron chi connectivity index (χ1n) is 8.31. The minimum Gasteiger partial charge on any atom is -0.385 e. The molecule has 2 aromatic carbocycles. The van der Waals surface area contributed by atoms with E-state index in [4.69, 9.17) is 0 Å². The molecule has 6 heteroatoms. The van der Waals surface area contributed by atoms with Crippen molar-refractivity contribution in [2.75, 3.05) is 28.6 Å². The van der Waals surface area contributed by atoms with Gasteiger partial charge in [-0.2, -0.15) is 0 Å². The van der Waals surface area contributed by atoms with Gasteiger partial charge in [-0.1, -0.05) is 15.9 Å². The maximum atomic E-state index is 12.0. The van der Waals surface area contributed by atoms with Crippen molar-refractivity contribution < 1.29 is 9.59 Å². The molecule has 0 bridgehead atoms. The molecule has 1 fully saturated rings. The molecule has 0 aliphatic carbocycles. The van der Waals surface area contributed by atoms with Crippen molar-refractivity contribution in [3.8, 4) is 0 Å². The van der Waals surface area contributed by atoms with E-state index >= 15 is 0 Å². The predicted octanol–water partition coefficient (Wildman–Crippen LogP) is 4.02. The number of hydrogen-bond acceptors (Lipinski definition) is 3. The van der Waals surface area contributed by atoms with E-state index in [1.807, 2.05) is 48.5 Å². The highest BCUT2D eigenvalue weighted by atomic mass is 79.9. The van der Waals surface area contributed by atoms with E-state index in [0.29, 0.717) is 19.4 Å². The second-order valence-electron chi connectivity index (χ2n) is 5.93. The zero-order valence-corrected chi connectivity index (χ0v) is 15.4. The normalized spacial score (nSPS) is 13.8. The molecule has 5 nitrogen and oxygen atoms in total. The summed E-state index contributed by atoms with van der Waals surface area (Å²) in [5.41, 5.74) is 2.61. The van der Waals surface area contributed by atoms with Gasteiger partial charge in [-0.3, -0.25) is 9.59 Å². The third kappa shape index (κ3) is 4.82. The Kier molecular flexibility index (Phi) is 5.71. The zero-order valence-electron chi connectivity index (χ0n) is 13.8. The highest BCUT2D eigenvalue weighted by Crippen LogP contribution is 2.23. The monoisotopic (exact) mass is 401 g/mol. The minimum absolute atomic E-state index is 0.0467. The number of anilines is 3. The van der Waals surface area contributed by atoms with Gasteiger partial charge in [0.15, 0.2) is 0 Å². The van der Waals surface area contributed by atoms with Gasteiger partial charge in [0.1, 0.15) is 0 Å². The lowest BCUT2D eigenvalue weighted by Gasteiger charge is -2.16. The number of nitrogens with zero attached hydrogens (tertiary/aromatic N) is 1. The fourth-order valence-electron chi connectivity index (χ4n) is 2.76. The van der Waals surface area contributed by atoms with Gasteiger partial charge >= 0.3 is 0 Å². The third-order valence-electron chi connectivity index (χ3n) is 4.06. The summed E-state index contributed by atoms with van der Waals surface area (Å²) in [7, 11) is 0. The van der Waals surface area contributed by atoms with Crippen LogP contribution in [0, 0.1) is 0 Å². The number of nitrogens with one attached hydrogen (secondary N) is 2. The topological polar surface area (TPSA) is 61.4 Å². The molecule has 25 heavy (non-hydrogen) atoms. The molecule has 0 unspecified atom stereocenters. The Morgan fingerprint density at radius 1 is 1.04 bits per heavy atom. The molecule has 0 spiro atoms. The molecule has 0 saturated carbocycles. The quantitative estimate of drug-likeness (QED) is 0.768. The number of carbonyl (C=O) groups is 2. The molecule has 0 radical (unpaired) electrons. The van der Waals surface area contributed by atoms with Crippen molar-refractivity contribution >= 4 is 44.8 Å². The molecule has 1 aliphatic rings. The van der Waals surface area contributed by atoms with Crippen LogP contribution in [0.15, 0.2) is 53.0 Å². The maximum Gasteiger partial charge on any atom is 0.227 e. The molecule has 2 N–H and O–H groups in total. The number of carbonyl (C=O) groups excluding carboxylic acids is 2. The average Bonchev–Trinajstić information content (AvgIpc) is 3.03. The molecule has 3 rings (SSSR count). The third-order valence-corrected chi connectivity index (χ3v) is 4.59. The lowest BCUT2D eigenvalue weighted by Crippen LogP contribution is -2.23. The lowest BCUT2D eigenvalue weighted by molar-refractivity contribution is -0.117. The van der Waals surface area contributed by atoms with Crippen LogP contribution in [0.1, 0.15) is 19.3 Å². The molecule has 1 saturated heterocycles. The van der Waals surface area contributed by atoms with Crippen molar-refractivity contribution in [1.29, 1.82) is 0 Å². The first-order valence-corrected chi connectivity index (χ1v) is 9.11. The van der Waals surface area contributed by atoms with Crippen LogP contribution in [0.2, 0.25) is 0 Å². The van der Waals surface area contributed by atoms with Gasteiger partial charge in [0.25, 0.3) is 0 Å². The van der Waals surface area contributed by atoms with Gasteiger partial charge in [0.2, 0.25) is 11.8 Å². The largest absolute Gasteiger partial charge is 0.385 e. The van der Waals surface area contributed by atoms with E-state index in [9.17, 15) is 9.59 Å². The van der Waals surface area contributed by atoms with Gasteiger partial charge < -0.3 is 15.5 Å². The SMILES string of the molecule is O=C(CCNc1ccc(Br)cc1)Nc1ccc(N2CCCC2=O)cc1. The first-order chi connectivity index (χ1) is 12.1. The van der Waals surface area contributed by atoms with Crippen molar-refractivity contribution in [2.45, 2.75) is 19.3 Å². The molecule has 2 amide bonds. The highest BCUT2D eigenvalue weighted by molar-refractivity contribution is 9.10. The molecular formula is C19H20BrN3O2. The number of halogens is 1. The summed E-state index contributed by atoms with van der Waals surface area (Å²) >= 11 is 3.39. The summed E-state index contributed by atoms with van der Waals surface area (Å²) < 4.78 is 1.02. The fourth-order valence-corrected chi connectivity index (χ4v) is 3.02. The first kappa shape index (κ1) is 17.5. The van der Waals surface area contributed by atoms with Gasteiger partial charge in [-0.05, 0) is 55.0 Å². The number of rotatable bonds is 6. The Morgan fingerprint density at radius 2 is 1.72 bits per heavy atom. The summed E-state index contributed by atoms with van der Waals surface area (Å²) in [4.78, 5) is 25.6. The molecule has 2 aromatic rings. The second-order valence-corrected chi connectivity index (χ2v) is 6.84. The Bertz CT molecular complexity index is 744. The Labute approximate surface area is 155 Å². The van der Waals surface area contributed by atoms with E-state index in [2.05, 4.69) is 26.6 Å². The second kappa shape index (κ2) is 8.16. The van der Waals surface area contributed by atoms with Gasteiger partial charge in [-0.15, -0.1) is 0 Å². The standard InChI is InChI=1S/C19H20BrN3O2/c20-14-3-5-15(6-4-14)21-12-11-18(24)22-16-7-9-17(10-8-16)23-13-1-2-19(23)25/h3-10,21H,1-2,11-13H2,(H,22,24). The number of amides is 2. The number of hydrogen-bond donors (Lipinski definition) is 2. The van der Waals surface area contributed by atoms with Crippen LogP contribution in [0.4, 0.5) is 17.1 Å². The summed E-state index contributed by atoms with van der Waals surface area (Å²) in [6, 6.07) is 15.2. The molecular weight excluding hydrogens is 382 g/mol. The van der Waals surface area contributed by atoms with E-state index in [1.165, 1.54) is 0 Å². The molecule has 0 aromatic heterocycles. The molecule has 130 valence electrons. The number of benzene rings is 2. The molecule has 0 atom stereocenters. The van der Waals surface area contributed by atoms with E-state index < -0.39 is 0 Å². The van der Waals surface area contributed by atoms with E-state index in [1.54, 1.807) is 4.90 Å². The van der Waals surface area contributed by atoms with Crippen molar-refractivity contribution in [3.05, 3.63) is 53.0 Å². The average molecular weight is 402 g/mol. The van der Waals surface area contributed by atoms with Crippen LogP contribution in [-0.4, -0.2) is 24.9 Å². The van der Waals surface area contributed by atoms with Crippen LogP contribution in [0.5, 0.6) is 0 Å². The highest BCUT2D eigenvalue weighted by Gasteiger charge is 2.21. The smallest absolute Gasteiger partial charge is 0.227 e. The lowest BCUT2D eigenvalue weighted by atomic mass is 10.2. The zero-order chi connectivity index (χ0) is 17.6. The summed E-state index contributed by atoms with van der Waals surface area (Å²) in [5.74, 6) is 0.116. The molecule has 1 aliphatic heterocycles. The van der Waals surface area contributed by atoms with E-state index in [-0.39, 0.29) is 11.8 Å². The summed E-state index contributed by atoms with van der Waals surface area (Å²) in [5, 5.41) is 6.09. The Morgan fingerprint density at radius 3 is 2.36 bits per heavy atom. The molecule has 1 heterocycles. The van der Waals surface area contributed by atoms with Crippen LogP contribution in [-0.2, 0) is 9.59 Å². The predicted molar refractivity (Wildman–Crippen MR) is 104 cm³/mol. The van der Waals surface area contributed by atoms with Gasteiger partial charge in [0, 0.05) is 47.5 Å². The minimum atomic E-state index is -0.0467. The van der Waals surface area contributed by atoms with Crippen LogP contribution < -0.4 is 15.5 Å². The maximum absolute atomic E-state index is 12.0. The van der Waals surface area contributed by atoms with Crippen molar-refractivity contribution in [3.63, 3.8) is 0 Å². The van der Waals surface area contributed by atoms with E-state index in [0.717, 1.165) is 34.5 Å². The van der Waals surface area contributed by atoms with Gasteiger partial charge in [0.05, 0.1) is 0 Å². The van der Waals surface area contributed by atoms with Crippen LogP contribution in [0.25, 0.3) is 0 Å².